The Balaban J connectivity index is 2.78. The highest BCUT2D eigenvalue weighted by molar-refractivity contribution is 5.66. The second-order valence-corrected chi connectivity index (χ2v) is 3.49. The van der Waals surface area contributed by atoms with Gasteiger partial charge in [-0.2, -0.15) is 0 Å². The third-order valence-electron chi connectivity index (χ3n) is 2.26. The van der Waals surface area contributed by atoms with Gasteiger partial charge in [-0.05, 0) is 0 Å². The minimum Gasteiger partial charge on any atom is -0.207 e. The van der Waals surface area contributed by atoms with Gasteiger partial charge < -0.3 is 0 Å². The first kappa shape index (κ1) is 12.5. The van der Waals surface area contributed by atoms with Crippen LogP contribution in [0.15, 0.2) is 24.3 Å². The Hall–Kier alpha value is -1.98. The fourth-order valence-electron chi connectivity index (χ4n) is 1.56. The maximum atomic E-state index is 13.4. The van der Waals surface area contributed by atoms with Crippen LogP contribution in [-0.4, -0.2) is 0 Å². The van der Waals surface area contributed by atoms with E-state index in [1.54, 1.807) is 0 Å². The zero-order chi connectivity index (χ0) is 13.4. The van der Waals surface area contributed by atoms with Crippen molar-refractivity contribution in [3.05, 3.63) is 59.2 Å². The zero-order valence-corrected chi connectivity index (χ0v) is 8.58. The Kier molecular flexibility index (Phi) is 3.02. The maximum absolute atomic E-state index is 13.4. The maximum Gasteiger partial charge on any atom is 0.137 e. The molecule has 0 fully saturated rings. The first-order valence-corrected chi connectivity index (χ1v) is 4.69. The Labute approximate surface area is 97.5 Å². The van der Waals surface area contributed by atoms with Gasteiger partial charge in [0.25, 0.3) is 0 Å². The van der Waals surface area contributed by atoms with Gasteiger partial charge in [-0.3, -0.25) is 0 Å². The molecule has 0 radical (unpaired) electrons. The van der Waals surface area contributed by atoms with Crippen LogP contribution < -0.4 is 0 Å². The lowest BCUT2D eigenvalue weighted by atomic mass is 10.0. The summed E-state index contributed by atoms with van der Waals surface area (Å²) in [5.41, 5.74) is -2.15. The van der Waals surface area contributed by atoms with E-state index in [0.29, 0.717) is 0 Å². The van der Waals surface area contributed by atoms with Gasteiger partial charge in [0.2, 0.25) is 0 Å². The molecule has 6 heteroatoms. The third-order valence-corrected chi connectivity index (χ3v) is 2.26. The summed E-state index contributed by atoms with van der Waals surface area (Å²) >= 11 is 0. The lowest BCUT2D eigenvalue weighted by Gasteiger charge is -2.08. The molecule has 0 heterocycles. The van der Waals surface area contributed by atoms with Crippen molar-refractivity contribution < 1.29 is 26.3 Å². The minimum absolute atomic E-state index is 0.278. The van der Waals surface area contributed by atoms with E-state index in [9.17, 15) is 26.3 Å². The van der Waals surface area contributed by atoms with Crippen LogP contribution in [0.5, 0.6) is 0 Å². The van der Waals surface area contributed by atoms with E-state index in [1.807, 2.05) is 0 Å². The molecule has 0 spiro atoms. The molecule has 0 bridgehead atoms. The predicted octanol–water partition coefficient (Wildman–Crippen LogP) is 4.19. The van der Waals surface area contributed by atoms with E-state index in [4.69, 9.17) is 0 Å². The second kappa shape index (κ2) is 4.36. The summed E-state index contributed by atoms with van der Waals surface area (Å²) in [4.78, 5) is 0. The van der Waals surface area contributed by atoms with Crippen LogP contribution in [0.3, 0.4) is 0 Å². The van der Waals surface area contributed by atoms with E-state index in [1.165, 1.54) is 0 Å². The summed E-state index contributed by atoms with van der Waals surface area (Å²) in [6.07, 6.45) is 0. The van der Waals surface area contributed by atoms with E-state index < -0.39 is 46.0 Å². The molecule has 0 aliphatic carbocycles. The number of halogens is 6. The van der Waals surface area contributed by atoms with Gasteiger partial charge in [-0.25, -0.2) is 26.3 Å². The Bertz CT molecular complexity index is 518. The average Bonchev–Trinajstić information content (AvgIpc) is 2.20. The van der Waals surface area contributed by atoms with Crippen molar-refractivity contribution in [3.63, 3.8) is 0 Å². The van der Waals surface area contributed by atoms with Crippen LogP contribution in [0.2, 0.25) is 0 Å². The quantitative estimate of drug-likeness (QED) is 0.676. The Morgan fingerprint density at radius 3 is 0.889 bits per heavy atom. The Morgan fingerprint density at radius 1 is 0.444 bits per heavy atom. The summed E-state index contributed by atoms with van der Waals surface area (Å²) in [6.45, 7) is 0. The van der Waals surface area contributed by atoms with Crippen LogP contribution in [0.25, 0.3) is 11.1 Å². The normalized spacial score (nSPS) is 10.8. The summed E-state index contributed by atoms with van der Waals surface area (Å²) in [5, 5.41) is 0. The SMILES string of the molecule is Fc1cc(F)c(-c2c(F)cc(F)cc2F)c(F)c1. The van der Waals surface area contributed by atoms with Crippen LogP contribution in [0.4, 0.5) is 26.3 Å². The predicted molar refractivity (Wildman–Crippen MR) is 51.6 cm³/mol. The fourth-order valence-corrected chi connectivity index (χ4v) is 1.56. The molecule has 0 nitrogen and oxygen atoms in total. The molecular weight excluding hydrogens is 258 g/mol. The zero-order valence-electron chi connectivity index (χ0n) is 8.58. The van der Waals surface area contributed by atoms with Crippen molar-refractivity contribution in [2.24, 2.45) is 0 Å². The molecule has 0 unspecified atom stereocenters. The molecule has 0 N–H and O–H groups in total. The largest absolute Gasteiger partial charge is 0.207 e. The lowest BCUT2D eigenvalue weighted by molar-refractivity contribution is 0.528. The highest BCUT2D eigenvalue weighted by atomic mass is 19.2. The van der Waals surface area contributed by atoms with Crippen LogP contribution >= 0.6 is 0 Å². The summed E-state index contributed by atoms with van der Waals surface area (Å²) in [6, 6.07) is 1.11. The lowest BCUT2D eigenvalue weighted by Crippen LogP contribution is -1.99. The topological polar surface area (TPSA) is 0 Å². The number of rotatable bonds is 1. The van der Waals surface area contributed by atoms with Gasteiger partial charge in [0, 0.05) is 24.3 Å². The van der Waals surface area contributed by atoms with Crippen molar-refractivity contribution in [1.82, 2.24) is 0 Å². The minimum atomic E-state index is -1.48. The summed E-state index contributed by atoms with van der Waals surface area (Å²) in [5.74, 6) is -8.35. The number of hydrogen-bond acceptors (Lipinski definition) is 0. The summed E-state index contributed by atoms with van der Waals surface area (Å²) < 4.78 is 78.7. The highest BCUT2D eigenvalue weighted by Gasteiger charge is 2.21. The van der Waals surface area contributed by atoms with Gasteiger partial charge in [0.1, 0.15) is 34.9 Å². The molecule has 2 rings (SSSR count). The fraction of sp³-hybridized carbons (Fsp3) is 0. The van der Waals surface area contributed by atoms with Crippen molar-refractivity contribution in [3.8, 4) is 11.1 Å². The molecule has 94 valence electrons. The number of benzene rings is 2. The van der Waals surface area contributed by atoms with Crippen molar-refractivity contribution in [2.45, 2.75) is 0 Å². The molecule has 0 aromatic heterocycles. The van der Waals surface area contributed by atoms with Gasteiger partial charge in [-0.15, -0.1) is 0 Å². The van der Waals surface area contributed by atoms with Gasteiger partial charge >= 0.3 is 0 Å². The summed E-state index contributed by atoms with van der Waals surface area (Å²) in [7, 11) is 0. The van der Waals surface area contributed by atoms with E-state index in [-0.39, 0.29) is 24.3 Å². The molecule has 2 aromatic rings. The average molecular weight is 262 g/mol. The Morgan fingerprint density at radius 2 is 0.667 bits per heavy atom. The molecule has 0 aliphatic heterocycles. The first-order chi connectivity index (χ1) is 8.40. The second-order valence-electron chi connectivity index (χ2n) is 3.49. The third kappa shape index (κ3) is 2.05. The van der Waals surface area contributed by atoms with Crippen LogP contribution in [0.1, 0.15) is 0 Å². The molecule has 0 amide bonds. The molecule has 18 heavy (non-hydrogen) atoms. The molecular formula is C12H4F6. The molecule has 0 saturated carbocycles. The molecule has 2 aromatic carbocycles. The van der Waals surface area contributed by atoms with Crippen LogP contribution in [0, 0.1) is 34.9 Å². The van der Waals surface area contributed by atoms with Crippen molar-refractivity contribution in [2.75, 3.05) is 0 Å². The first-order valence-electron chi connectivity index (χ1n) is 4.69. The molecule has 0 saturated heterocycles. The van der Waals surface area contributed by atoms with Gasteiger partial charge in [0.05, 0.1) is 11.1 Å². The van der Waals surface area contributed by atoms with Crippen LogP contribution in [-0.2, 0) is 0 Å². The smallest absolute Gasteiger partial charge is 0.137 e. The van der Waals surface area contributed by atoms with Gasteiger partial charge in [0.15, 0.2) is 0 Å². The standard InChI is InChI=1S/C12H4F6/c13-5-1-7(15)11(8(16)2-5)12-9(17)3-6(14)4-10(12)18/h1-4H. The molecule has 0 aliphatic rings. The van der Waals surface area contributed by atoms with Crippen molar-refractivity contribution in [1.29, 1.82) is 0 Å². The van der Waals surface area contributed by atoms with Gasteiger partial charge in [-0.1, -0.05) is 0 Å². The number of hydrogen-bond donors (Lipinski definition) is 0. The van der Waals surface area contributed by atoms with E-state index in [2.05, 4.69) is 0 Å². The monoisotopic (exact) mass is 262 g/mol. The van der Waals surface area contributed by atoms with Crippen molar-refractivity contribution >= 4 is 0 Å². The van der Waals surface area contributed by atoms with E-state index in [0.717, 1.165) is 0 Å². The van der Waals surface area contributed by atoms with E-state index >= 15 is 0 Å². The molecule has 0 atom stereocenters. The highest BCUT2D eigenvalue weighted by Crippen LogP contribution is 2.31.